The van der Waals surface area contributed by atoms with Gasteiger partial charge >= 0.3 is 0 Å². The number of allylic oxidation sites excluding steroid dienone is 2. The van der Waals surface area contributed by atoms with E-state index in [-0.39, 0.29) is 0 Å². The van der Waals surface area contributed by atoms with Gasteiger partial charge < -0.3 is 10.1 Å². The van der Waals surface area contributed by atoms with Crippen molar-refractivity contribution in [2.45, 2.75) is 98.8 Å². The number of aromatic nitrogens is 2. The van der Waals surface area contributed by atoms with Gasteiger partial charge in [0.15, 0.2) is 0 Å². The normalized spacial score (nSPS) is 19.1. The highest BCUT2D eigenvalue weighted by atomic mass is 16.1. The highest BCUT2D eigenvalue weighted by molar-refractivity contribution is 5.69. The first-order chi connectivity index (χ1) is 20.0. The van der Waals surface area contributed by atoms with Crippen LogP contribution in [0.4, 0.5) is 5.82 Å². The highest BCUT2D eigenvalue weighted by Gasteiger charge is 2.23. The fraction of sp³-hybridized carbons (Fsp3) is 0.486. The van der Waals surface area contributed by atoms with Gasteiger partial charge in [-0.1, -0.05) is 93.4 Å². The Hall–Kier alpha value is -3.27. The number of rotatable bonds is 6. The smallest absolute Gasteiger partial charge is 0.147 e. The lowest BCUT2D eigenvalue weighted by molar-refractivity contribution is -0.107. The van der Waals surface area contributed by atoms with Crippen molar-refractivity contribution >= 4 is 12.1 Å². The molecule has 5 rings (SSSR count). The van der Waals surface area contributed by atoms with Gasteiger partial charge in [0.1, 0.15) is 12.1 Å². The van der Waals surface area contributed by atoms with Gasteiger partial charge in [-0.05, 0) is 87.7 Å². The van der Waals surface area contributed by atoms with Crippen LogP contribution in [-0.4, -0.2) is 23.3 Å². The van der Waals surface area contributed by atoms with Gasteiger partial charge in [0.05, 0.1) is 17.1 Å². The molecule has 2 unspecified atom stereocenters. The first-order valence-electron chi connectivity index (χ1n) is 15.8. The standard InChI is InChI=1S/C26H35N3.C9H10O.C2H6/c1-4-19-8-7-9-20(16-18(2)12-13-19)17-24-26(27-3)29-23-15-14-21-10-5-6-11-22(21)25(23)28-24;1-8-2-4-9(5-3-8)6-7-10;1-2/h5-6,8,10-11,18,20H,4,7,9,12-17H2,1-3H3,(H,27,29);2-5,7H,6H2,1H3;1-2H3/b19-8+;;. The summed E-state index contributed by atoms with van der Waals surface area (Å²) in [5.41, 5.74) is 10.1. The van der Waals surface area contributed by atoms with Gasteiger partial charge in [0, 0.05) is 19.0 Å². The van der Waals surface area contributed by atoms with Gasteiger partial charge in [0.2, 0.25) is 0 Å². The Morgan fingerprint density at radius 3 is 2.44 bits per heavy atom. The second-order valence-electron chi connectivity index (χ2n) is 11.3. The van der Waals surface area contributed by atoms with Crippen molar-refractivity contribution in [3.63, 3.8) is 0 Å². The van der Waals surface area contributed by atoms with Crippen LogP contribution in [0.2, 0.25) is 0 Å². The Bertz CT molecular complexity index is 1260. The Kier molecular flexibility index (Phi) is 13.3. The maximum absolute atomic E-state index is 10.1. The predicted octanol–water partition coefficient (Wildman–Crippen LogP) is 9.14. The summed E-state index contributed by atoms with van der Waals surface area (Å²) in [6, 6.07) is 16.7. The van der Waals surface area contributed by atoms with Crippen molar-refractivity contribution in [2.24, 2.45) is 11.8 Å². The largest absolute Gasteiger partial charge is 0.372 e. The lowest BCUT2D eigenvalue weighted by Gasteiger charge is -2.23. The van der Waals surface area contributed by atoms with Crippen molar-refractivity contribution in [3.8, 4) is 11.3 Å². The molecule has 0 fully saturated rings. The van der Waals surface area contributed by atoms with Crippen molar-refractivity contribution in [3.05, 3.63) is 88.3 Å². The van der Waals surface area contributed by atoms with Crippen molar-refractivity contribution in [1.82, 2.24) is 9.97 Å². The number of fused-ring (bicyclic) bond motifs is 3. The van der Waals surface area contributed by atoms with Crippen LogP contribution in [0.5, 0.6) is 0 Å². The zero-order valence-electron chi connectivity index (χ0n) is 26.3. The SMILES string of the molecule is CC.CC/C1=C\CCC(Cc2nc3c(nc2NC)CCc2ccccc2-3)CC(C)CC1.Cc1ccc(CC=O)cc1. The number of benzene rings is 2. The second kappa shape index (κ2) is 16.9. The Balaban J connectivity index is 0.000000324. The van der Waals surface area contributed by atoms with E-state index < -0.39 is 0 Å². The Morgan fingerprint density at radius 2 is 1.73 bits per heavy atom. The third-order valence-electron chi connectivity index (χ3n) is 8.26. The number of aldehydes is 1. The number of hydrogen-bond donors (Lipinski definition) is 1. The van der Waals surface area contributed by atoms with E-state index in [2.05, 4.69) is 49.5 Å². The molecule has 0 radical (unpaired) electrons. The fourth-order valence-electron chi connectivity index (χ4n) is 5.92. The molecule has 0 aliphatic heterocycles. The third kappa shape index (κ3) is 9.38. The molecule has 0 bridgehead atoms. The molecule has 0 amide bonds. The number of carbonyl (C=O) groups excluding carboxylic acids is 1. The summed E-state index contributed by atoms with van der Waals surface area (Å²) < 4.78 is 0. The minimum atomic E-state index is 0.528. The van der Waals surface area contributed by atoms with Crippen molar-refractivity contribution < 1.29 is 4.79 Å². The summed E-state index contributed by atoms with van der Waals surface area (Å²) in [7, 11) is 1.98. The minimum absolute atomic E-state index is 0.528. The molecule has 3 aromatic rings. The maximum Gasteiger partial charge on any atom is 0.147 e. The number of nitrogens with zero attached hydrogens (tertiary/aromatic N) is 2. The number of hydrogen-bond acceptors (Lipinski definition) is 4. The van der Waals surface area contributed by atoms with Crippen molar-refractivity contribution in [2.75, 3.05) is 12.4 Å². The Morgan fingerprint density at radius 1 is 0.976 bits per heavy atom. The average Bonchev–Trinajstić information content (AvgIpc) is 3.09. The van der Waals surface area contributed by atoms with Gasteiger partial charge in [-0.2, -0.15) is 0 Å². The number of aryl methyl sites for hydroxylation is 3. The summed E-state index contributed by atoms with van der Waals surface area (Å²) >= 11 is 0. The predicted molar refractivity (Wildman–Crippen MR) is 175 cm³/mol. The zero-order valence-corrected chi connectivity index (χ0v) is 26.3. The Labute approximate surface area is 249 Å². The third-order valence-corrected chi connectivity index (χ3v) is 8.26. The first-order valence-corrected chi connectivity index (χ1v) is 15.8. The van der Waals surface area contributed by atoms with Gasteiger partial charge in [0.25, 0.3) is 0 Å². The molecule has 220 valence electrons. The summed E-state index contributed by atoms with van der Waals surface area (Å²) in [6.07, 6.45) is 14.6. The van der Waals surface area contributed by atoms with Gasteiger partial charge in [-0.25, -0.2) is 9.97 Å². The zero-order chi connectivity index (χ0) is 29.6. The monoisotopic (exact) mass is 553 g/mol. The van der Waals surface area contributed by atoms with Crippen LogP contribution < -0.4 is 5.32 Å². The van der Waals surface area contributed by atoms with Crippen LogP contribution in [0.1, 0.15) is 94.3 Å². The maximum atomic E-state index is 10.1. The molecule has 4 heteroatoms. The molecule has 2 aromatic carbocycles. The molecule has 0 spiro atoms. The first kappa shape index (κ1) is 32.2. The summed E-state index contributed by atoms with van der Waals surface area (Å²) in [4.78, 5) is 20.3. The molecule has 2 aliphatic rings. The van der Waals surface area contributed by atoms with Crippen molar-refractivity contribution in [1.29, 1.82) is 0 Å². The molecule has 0 saturated heterocycles. The van der Waals surface area contributed by atoms with Crippen LogP contribution in [0, 0.1) is 18.8 Å². The molecule has 4 nitrogen and oxygen atoms in total. The molecule has 0 saturated carbocycles. The fourth-order valence-corrected chi connectivity index (χ4v) is 5.92. The average molecular weight is 554 g/mol. The van der Waals surface area contributed by atoms with E-state index in [1.165, 1.54) is 55.2 Å². The van der Waals surface area contributed by atoms with E-state index in [1.807, 2.05) is 52.1 Å². The van der Waals surface area contributed by atoms with Crippen LogP contribution in [0.15, 0.2) is 60.2 Å². The molecule has 1 heterocycles. The van der Waals surface area contributed by atoms with E-state index in [9.17, 15) is 4.79 Å². The molecule has 1 aromatic heterocycles. The molecule has 41 heavy (non-hydrogen) atoms. The summed E-state index contributed by atoms with van der Waals surface area (Å²) in [5.74, 6) is 2.44. The number of nitrogens with one attached hydrogen (secondary N) is 1. The second-order valence-corrected chi connectivity index (χ2v) is 11.3. The van der Waals surface area contributed by atoms with Crippen LogP contribution in [0.25, 0.3) is 11.3 Å². The van der Waals surface area contributed by atoms with E-state index in [4.69, 9.17) is 9.97 Å². The molecule has 2 aliphatic carbocycles. The molecular weight excluding hydrogens is 502 g/mol. The summed E-state index contributed by atoms with van der Waals surface area (Å²) in [5, 5.41) is 3.34. The van der Waals surface area contributed by atoms with E-state index in [0.29, 0.717) is 12.3 Å². The quantitative estimate of drug-likeness (QED) is 0.244. The summed E-state index contributed by atoms with van der Waals surface area (Å²) in [6.45, 7) is 10.8. The topological polar surface area (TPSA) is 54.9 Å². The van der Waals surface area contributed by atoms with Crippen LogP contribution in [-0.2, 0) is 30.5 Å². The highest BCUT2D eigenvalue weighted by Crippen LogP contribution is 2.35. The molecule has 2 atom stereocenters. The van der Waals surface area contributed by atoms with Crippen LogP contribution in [0.3, 0.4) is 0 Å². The van der Waals surface area contributed by atoms with Gasteiger partial charge in [-0.3, -0.25) is 0 Å². The van der Waals surface area contributed by atoms with Crippen LogP contribution >= 0.6 is 0 Å². The lowest BCUT2D eigenvalue weighted by Crippen LogP contribution is -2.16. The van der Waals surface area contributed by atoms with E-state index >= 15 is 0 Å². The number of carbonyl (C=O) groups is 1. The van der Waals surface area contributed by atoms with Gasteiger partial charge in [-0.15, -0.1) is 0 Å². The van der Waals surface area contributed by atoms with E-state index in [1.54, 1.807) is 5.57 Å². The van der Waals surface area contributed by atoms with E-state index in [0.717, 1.165) is 59.9 Å². The number of anilines is 1. The molecule has 1 N–H and O–H groups in total. The lowest BCUT2D eigenvalue weighted by atomic mass is 9.86. The molecular formula is C37H51N3O. The minimum Gasteiger partial charge on any atom is -0.372 e.